The van der Waals surface area contributed by atoms with Crippen molar-refractivity contribution in [3.8, 4) is 0 Å². The smallest absolute Gasteiger partial charge is 0.309 e. The van der Waals surface area contributed by atoms with Crippen LogP contribution in [0.2, 0.25) is 0 Å². The lowest BCUT2D eigenvalue weighted by atomic mass is 10.1. The van der Waals surface area contributed by atoms with Gasteiger partial charge in [0.1, 0.15) is 5.82 Å². The van der Waals surface area contributed by atoms with E-state index < -0.39 is 23.5 Å². The van der Waals surface area contributed by atoms with Crippen LogP contribution in [0.5, 0.6) is 0 Å². The van der Waals surface area contributed by atoms with E-state index in [1.54, 1.807) is 0 Å². The minimum atomic E-state index is -4.62. The Morgan fingerprint density at radius 1 is 1.40 bits per heavy atom. The Balaban J connectivity index is 2.45. The lowest BCUT2D eigenvalue weighted by Crippen LogP contribution is -2.26. The largest absolute Gasteiger partial charge is 0.417 e. The number of alkyl halides is 3. The molecule has 0 N–H and O–H groups in total. The molecule has 0 saturated carbocycles. The van der Waals surface area contributed by atoms with Gasteiger partial charge in [0.05, 0.1) is 11.3 Å². The Labute approximate surface area is 126 Å². The molecular formula is C12H10BrF4NOS. The standard InChI is InChI=1S/C12H10BrF4NOS/c13-8-3-9(14)10(2-7(8)12(15,16)17)18-4-6(5-20)1-11(18)19/h2-3,6,20H,1,4-5H2. The van der Waals surface area contributed by atoms with Crippen LogP contribution >= 0.6 is 28.6 Å². The topological polar surface area (TPSA) is 20.3 Å². The van der Waals surface area contributed by atoms with Crippen LogP contribution in [0.3, 0.4) is 0 Å². The van der Waals surface area contributed by atoms with Crippen molar-refractivity contribution in [2.75, 3.05) is 17.2 Å². The van der Waals surface area contributed by atoms with Gasteiger partial charge in [-0.15, -0.1) is 0 Å². The molecule has 0 spiro atoms. The Morgan fingerprint density at radius 3 is 2.55 bits per heavy atom. The van der Waals surface area contributed by atoms with Crippen molar-refractivity contribution in [2.45, 2.75) is 12.6 Å². The molecule has 1 fully saturated rings. The molecule has 20 heavy (non-hydrogen) atoms. The molecule has 1 aromatic carbocycles. The Kier molecular flexibility index (Phi) is 4.34. The summed E-state index contributed by atoms with van der Waals surface area (Å²) in [5.74, 6) is -0.911. The van der Waals surface area contributed by atoms with E-state index in [-0.39, 0.29) is 29.0 Å². The van der Waals surface area contributed by atoms with Gasteiger partial charge in [-0.2, -0.15) is 25.8 Å². The molecule has 0 aliphatic carbocycles. The highest BCUT2D eigenvalue weighted by Crippen LogP contribution is 2.39. The van der Waals surface area contributed by atoms with Crippen LogP contribution in [-0.4, -0.2) is 18.2 Å². The third-order valence-electron chi connectivity index (χ3n) is 3.10. The van der Waals surface area contributed by atoms with Crippen LogP contribution < -0.4 is 4.90 Å². The summed E-state index contributed by atoms with van der Waals surface area (Å²) in [5, 5.41) is 0. The zero-order valence-electron chi connectivity index (χ0n) is 10.0. The lowest BCUT2D eigenvalue weighted by molar-refractivity contribution is -0.138. The highest BCUT2D eigenvalue weighted by Gasteiger charge is 2.37. The molecule has 0 bridgehead atoms. The monoisotopic (exact) mass is 371 g/mol. The van der Waals surface area contributed by atoms with Gasteiger partial charge in [0.25, 0.3) is 0 Å². The normalized spacial score (nSPS) is 19.8. The van der Waals surface area contributed by atoms with Crippen LogP contribution in [0.1, 0.15) is 12.0 Å². The van der Waals surface area contributed by atoms with E-state index in [1.807, 2.05) is 0 Å². The van der Waals surface area contributed by atoms with Gasteiger partial charge in [0.15, 0.2) is 0 Å². The Morgan fingerprint density at radius 2 is 2.05 bits per heavy atom. The third-order valence-corrected chi connectivity index (χ3v) is 4.27. The fraction of sp³-hybridized carbons (Fsp3) is 0.417. The zero-order valence-corrected chi connectivity index (χ0v) is 12.5. The quantitative estimate of drug-likeness (QED) is 0.617. The van der Waals surface area contributed by atoms with Crippen molar-refractivity contribution >= 4 is 40.2 Å². The molecule has 2 rings (SSSR count). The van der Waals surface area contributed by atoms with Gasteiger partial charge < -0.3 is 4.90 Å². The second kappa shape index (κ2) is 5.55. The van der Waals surface area contributed by atoms with E-state index in [9.17, 15) is 22.4 Å². The first-order valence-electron chi connectivity index (χ1n) is 5.71. The second-order valence-corrected chi connectivity index (χ2v) is 5.76. The van der Waals surface area contributed by atoms with Gasteiger partial charge in [0.2, 0.25) is 5.91 Å². The van der Waals surface area contributed by atoms with E-state index in [2.05, 4.69) is 28.6 Å². The van der Waals surface area contributed by atoms with Crippen LogP contribution in [0, 0.1) is 11.7 Å². The number of thiol groups is 1. The molecule has 1 aliphatic heterocycles. The number of hydrogen-bond acceptors (Lipinski definition) is 2. The summed E-state index contributed by atoms with van der Waals surface area (Å²) in [6.07, 6.45) is -4.45. The molecule has 1 atom stereocenters. The number of rotatable bonds is 2. The van der Waals surface area contributed by atoms with Gasteiger partial charge in [-0.1, -0.05) is 15.9 Å². The van der Waals surface area contributed by atoms with Gasteiger partial charge in [-0.3, -0.25) is 4.79 Å². The van der Waals surface area contributed by atoms with Crippen LogP contribution in [0.4, 0.5) is 23.2 Å². The van der Waals surface area contributed by atoms with E-state index in [0.29, 0.717) is 11.8 Å². The number of hydrogen-bond donors (Lipinski definition) is 1. The van der Waals surface area contributed by atoms with Crippen LogP contribution in [-0.2, 0) is 11.0 Å². The number of carbonyl (C=O) groups is 1. The maximum atomic E-state index is 13.9. The Hall–Kier alpha value is -0.760. The summed E-state index contributed by atoms with van der Waals surface area (Å²) in [5.41, 5.74) is -1.34. The first-order chi connectivity index (χ1) is 9.24. The number of anilines is 1. The second-order valence-electron chi connectivity index (χ2n) is 4.54. The van der Waals surface area contributed by atoms with Crippen molar-refractivity contribution in [3.63, 3.8) is 0 Å². The molecule has 110 valence electrons. The van der Waals surface area contributed by atoms with Crippen LogP contribution in [0.15, 0.2) is 16.6 Å². The number of halogens is 5. The van der Waals surface area contributed by atoms with E-state index in [4.69, 9.17) is 0 Å². The average Bonchev–Trinajstić information content (AvgIpc) is 2.69. The van der Waals surface area contributed by atoms with Gasteiger partial charge in [-0.25, -0.2) is 4.39 Å². The molecule has 2 nitrogen and oxygen atoms in total. The minimum absolute atomic E-state index is 0.0804. The predicted molar refractivity (Wildman–Crippen MR) is 73.4 cm³/mol. The Bertz CT molecular complexity index is 549. The fourth-order valence-corrected chi connectivity index (χ4v) is 2.88. The number of amides is 1. The van der Waals surface area contributed by atoms with Crippen LogP contribution in [0.25, 0.3) is 0 Å². The van der Waals surface area contributed by atoms with Gasteiger partial charge in [0, 0.05) is 17.4 Å². The van der Waals surface area contributed by atoms with Crippen molar-refractivity contribution in [1.82, 2.24) is 0 Å². The maximum Gasteiger partial charge on any atom is 0.417 e. The third kappa shape index (κ3) is 2.95. The predicted octanol–water partition coefficient (Wildman–Crippen LogP) is 3.89. The van der Waals surface area contributed by atoms with E-state index in [0.717, 1.165) is 11.0 Å². The highest BCUT2D eigenvalue weighted by molar-refractivity contribution is 9.10. The van der Waals surface area contributed by atoms with Crippen molar-refractivity contribution in [2.24, 2.45) is 5.92 Å². The highest BCUT2D eigenvalue weighted by atomic mass is 79.9. The molecule has 1 aliphatic rings. The van der Waals surface area contributed by atoms with Gasteiger partial charge in [-0.05, 0) is 23.8 Å². The molecule has 1 unspecified atom stereocenters. The van der Waals surface area contributed by atoms with Crippen molar-refractivity contribution in [1.29, 1.82) is 0 Å². The SMILES string of the molecule is O=C1CC(CS)CN1c1cc(C(F)(F)F)c(Br)cc1F. The summed E-state index contributed by atoms with van der Waals surface area (Å²) < 4.78 is 51.9. The van der Waals surface area contributed by atoms with E-state index in [1.165, 1.54) is 0 Å². The first-order valence-corrected chi connectivity index (χ1v) is 7.14. The lowest BCUT2D eigenvalue weighted by Gasteiger charge is -2.20. The molecule has 0 radical (unpaired) electrons. The number of nitrogens with zero attached hydrogens (tertiary/aromatic N) is 1. The molecule has 1 amide bonds. The molecule has 8 heteroatoms. The zero-order chi connectivity index (χ0) is 15.1. The summed E-state index contributed by atoms with van der Waals surface area (Å²) in [4.78, 5) is 12.8. The summed E-state index contributed by atoms with van der Waals surface area (Å²) in [6, 6.07) is 1.40. The van der Waals surface area contributed by atoms with E-state index >= 15 is 0 Å². The summed E-state index contributed by atoms with van der Waals surface area (Å²) in [7, 11) is 0. The van der Waals surface area contributed by atoms with Gasteiger partial charge >= 0.3 is 6.18 Å². The number of carbonyl (C=O) groups excluding carboxylic acids is 1. The molecule has 1 aromatic rings. The molecule has 1 heterocycles. The van der Waals surface area contributed by atoms with Crippen molar-refractivity contribution < 1.29 is 22.4 Å². The minimum Gasteiger partial charge on any atom is -0.309 e. The summed E-state index contributed by atoms with van der Waals surface area (Å²) >= 11 is 6.75. The maximum absolute atomic E-state index is 13.9. The average molecular weight is 372 g/mol. The molecule has 0 aromatic heterocycles. The molecular weight excluding hydrogens is 362 g/mol. The van der Waals surface area contributed by atoms with Crippen molar-refractivity contribution in [3.05, 3.63) is 28.0 Å². The first kappa shape index (κ1) is 15.6. The fourth-order valence-electron chi connectivity index (χ4n) is 2.10. The summed E-state index contributed by atoms with van der Waals surface area (Å²) in [6.45, 7) is 0.179. The molecule has 1 saturated heterocycles. The number of benzene rings is 1.